The molecule has 0 saturated carbocycles. The second-order valence-electron chi connectivity index (χ2n) is 6.74. The van der Waals surface area contributed by atoms with Crippen molar-refractivity contribution in [3.8, 4) is 0 Å². The zero-order valence-corrected chi connectivity index (χ0v) is 18.1. The maximum absolute atomic E-state index is 13.3. The van der Waals surface area contributed by atoms with Crippen molar-refractivity contribution in [1.82, 2.24) is 5.32 Å². The maximum Gasteiger partial charge on any atom is 0.264 e. The van der Waals surface area contributed by atoms with Gasteiger partial charge in [0.25, 0.3) is 10.0 Å². The minimum Gasteiger partial charge on any atom is -0.348 e. The number of halogens is 1. The molecule has 0 bridgehead atoms. The van der Waals surface area contributed by atoms with E-state index in [1.165, 1.54) is 18.2 Å². The van der Waals surface area contributed by atoms with Crippen LogP contribution in [-0.4, -0.2) is 20.9 Å². The minimum atomic E-state index is -3.96. The van der Waals surface area contributed by atoms with Crippen LogP contribution in [0.2, 0.25) is 5.02 Å². The molecule has 0 aliphatic rings. The van der Waals surface area contributed by atoms with Crippen molar-refractivity contribution < 1.29 is 13.2 Å². The number of nitrogens with one attached hydrogen (secondary N) is 1. The van der Waals surface area contributed by atoms with Gasteiger partial charge in [0.1, 0.15) is 6.54 Å². The molecule has 3 aromatic rings. The Morgan fingerprint density at radius 2 is 1.60 bits per heavy atom. The van der Waals surface area contributed by atoms with Crippen molar-refractivity contribution in [2.24, 2.45) is 0 Å². The first-order valence-electron chi connectivity index (χ1n) is 9.59. The predicted octanol–water partition coefficient (Wildman–Crippen LogP) is 4.80. The second kappa shape index (κ2) is 9.78. The summed E-state index contributed by atoms with van der Waals surface area (Å²) in [6, 6.07) is 23.9. The summed E-state index contributed by atoms with van der Waals surface area (Å²) in [5.41, 5.74) is 1.29. The van der Waals surface area contributed by atoms with Crippen LogP contribution in [0.3, 0.4) is 0 Å². The lowest BCUT2D eigenvalue weighted by Crippen LogP contribution is -2.42. The van der Waals surface area contributed by atoms with E-state index < -0.39 is 15.9 Å². The van der Waals surface area contributed by atoms with Crippen LogP contribution in [0.15, 0.2) is 89.8 Å². The van der Waals surface area contributed by atoms with Crippen LogP contribution >= 0.6 is 11.6 Å². The summed E-state index contributed by atoms with van der Waals surface area (Å²) in [6.45, 7) is 1.61. The highest BCUT2D eigenvalue weighted by Crippen LogP contribution is 2.26. The molecule has 0 aliphatic carbocycles. The molecule has 7 heteroatoms. The van der Waals surface area contributed by atoms with Gasteiger partial charge in [0.05, 0.1) is 16.6 Å². The molecule has 0 radical (unpaired) electrons. The lowest BCUT2D eigenvalue weighted by atomic mass is 10.0. The van der Waals surface area contributed by atoms with Gasteiger partial charge in [-0.25, -0.2) is 8.42 Å². The molecule has 1 amide bonds. The van der Waals surface area contributed by atoms with Gasteiger partial charge in [-0.2, -0.15) is 0 Å². The fourth-order valence-corrected chi connectivity index (χ4v) is 4.76. The maximum atomic E-state index is 13.3. The van der Waals surface area contributed by atoms with Crippen LogP contribution in [0.4, 0.5) is 5.69 Å². The van der Waals surface area contributed by atoms with Crippen LogP contribution in [0, 0.1) is 0 Å². The number of hydrogen-bond donors (Lipinski definition) is 1. The molecule has 0 unspecified atom stereocenters. The fraction of sp³-hybridized carbons (Fsp3) is 0.174. The third-order valence-electron chi connectivity index (χ3n) is 4.66. The number of benzene rings is 3. The van der Waals surface area contributed by atoms with Gasteiger partial charge >= 0.3 is 0 Å². The highest BCUT2D eigenvalue weighted by Gasteiger charge is 2.28. The van der Waals surface area contributed by atoms with Gasteiger partial charge in [-0.15, -0.1) is 0 Å². The Labute approximate surface area is 182 Å². The van der Waals surface area contributed by atoms with Crippen LogP contribution in [0.5, 0.6) is 0 Å². The first-order chi connectivity index (χ1) is 14.4. The van der Waals surface area contributed by atoms with Crippen molar-refractivity contribution in [2.75, 3.05) is 10.8 Å². The van der Waals surface area contributed by atoms with E-state index in [4.69, 9.17) is 11.6 Å². The highest BCUT2D eigenvalue weighted by molar-refractivity contribution is 7.92. The van der Waals surface area contributed by atoms with E-state index in [1.807, 2.05) is 37.3 Å². The summed E-state index contributed by atoms with van der Waals surface area (Å²) in [7, 11) is -3.96. The smallest absolute Gasteiger partial charge is 0.264 e. The summed E-state index contributed by atoms with van der Waals surface area (Å²) in [6.07, 6.45) is 0.679. The first kappa shape index (κ1) is 21.9. The van der Waals surface area contributed by atoms with E-state index in [2.05, 4.69) is 5.32 Å². The normalized spacial score (nSPS) is 12.2. The highest BCUT2D eigenvalue weighted by atomic mass is 35.5. The van der Waals surface area contributed by atoms with E-state index in [0.717, 1.165) is 9.87 Å². The largest absolute Gasteiger partial charge is 0.348 e. The third-order valence-corrected chi connectivity index (χ3v) is 6.68. The molecule has 0 fully saturated rings. The van der Waals surface area contributed by atoms with E-state index in [0.29, 0.717) is 17.1 Å². The summed E-state index contributed by atoms with van der Waals surface area (Å²) in [5, 5.41) is 3.33. The first-order valence-corrected chi connectivity index (χ1v) is 11.4. The molecule has 30 heavy (non-hydrogen) atoms. The van der Waals surface area contributed by atoms with Crippen molar-refractivity contribution in [1.29, 1.82) is 0 Å². The van der Waals surface area contributed by atoms with E-state index >= 15 is 0 Å². The van der Waals surface area contributed by atoms with Crippen molar-refractivity contribution in [3.05, 3.63) is 95.5 Å². The van der Waals surface area contributed by atoms with Crippen LogP contribution < -0.4 is 9.62 Å². The lowest BCUT2D eigenvalue weighted by Gasteiger charge is -2.26. The van der Waals surface area contributed by atoms with Crippen molar-refractivity contribution in [2.45, 2.75) is 24.3 Å². The Morgan fingerprint density at radius 3 is 2.20 bits per heavy atom. The van der Waals surface area contributed by atoms with Gasteiger partial charge < -0.3 is 5.32 Å². The SMILES string of the molecule is CC[C@H](NC(=O)CN(c1cccc(Cl)c1)S(=O)(=O)c1ccccc1)c1ccccc1. The van der Waals surface area contributed by atoms with E-state index in [9.17, 15) is 13.2 Å². The standard InChI is InChI=1S/C23H23ClN2O3S/c1-2-22(18-10-5-3-6-11-18)25-23(27)17-26(20-13-9-12-19(24)16-20)30(28,29)21-14-7-4-8-15-21/h3-16,22H,2,17H2,1H3,(H,25,27)/t22-/m0/s1. The summed E-state index contributed by atoms with van der Waals surface area (Å²) >= 11 is 6.09. The molecule has 0 aromatic heterocycles. The number of rotatable bonds is 8. The molecule has 1 atom stereocenters. The van der Waals surface area contributed by atoms with Gasteiger partial charge in [-0.1, -0.05) is 73.1 Å². The van der Waals surface area contributed by atoms with Gasteiger partial charge in [0, 0.05) is 5.02 Å². The summed E-state index contributed by atoms with van der Waals surface area (Å²) in [5.74, 6) is -0.398. The fourth-order valence-electron chi connectivity index (χ4n) is 3.14. The zero-order chi connectivity index (χ0) is 21.6. The van der Waals surface area contributed by atoms with Gasteiger partial charge in [-0.05, 0) is 42.3 Å². The number of carbonyl (C=O) groups is 1. The summed E-state index contributed by atoms with van der Waals surface area (Å²) in [4.78, 5) is 13.0. The molecular formula is C23H23ClN2O3S. The monoisotopic (exact) mass is 442 g/mol. The number of anilines is 1. The number of nitrogens with zero attached hydrogens (tertiary/aromatic N) is 1. The second-order valence-corrected chi connectivity index (χ2v) is 9.04. The molecule has 3 rings (SSSR count). The lowest BCUT2D eigenvalue weighted by molar-refractivity contribution is -0.120. The molecule has 0 heterocycles. The van der Waals surface area contributed by atoms with E-state index in [1.54, 1.807) is 36.4 Å². The number of carbonyl (C=O) groups excluding carboxylic acids is 1. The molecule has 3 aromatic carbocycles. The average Bonchev–Trinajstić information content (AvgIpc) is 2.77. The van der Waals surface area contributed by atoms with Gasteiger partial charge in [0.15, 0.2) is 0 Å². The molecule has 0 saturated heterocycles. The molecule has 0 spiro atoms. The Hall–Kier alpha value is -2.83. The van der Waals surface area contributed by atoms with Gasteiger partial charge in [0.2, 0.25) is 5.91 Å². The van der Waals surface area contributed by atoms with E-state index in [-0.39, 0.29) is 17.5 Å². The minimum absolute atomic E-state index is 0.105. The zero-order valence-electron chi connectivity index (χ0n) is 16.5. The Morgan fingerprint density at radius 1 is 0.967 bits per heavy atom. The molecule has 0 aliphatic heterocycles. The summed E-state index contributed by atoms with van der Waals surface area (Å²) < 4.78 is 27.7. The van der Waals surface area contributed by atoms with Crippen molar-refractivity contribution >= 4 is 33.2 Å². The average molecular weight is 443 g/mol. The number of sulfonamides is 1. The molecule has 5 nitrogen and oxygen atoms in total. The van der Waals surface area contributed by atoms with Gasteiger partial charge in [-0.3, -0.25) is 9.10 Å². The topological polar surface area (TPSA) is 66.5 Å². The quantitative estimate of drug-likeness (QED) is 0.544. The third kappa shape index (κ3) is 5.20. The Balaban J connectivity index is 1.90. The van der Waals surface area contributed by atoms with Crippen molar-refractivity contribution in [3.63, 3.8) is 0 Å². The Bertz CT molecular complexity index is 1090. The number of amides is 1. The van der Waals surface area contributed by atoms with Crippen LogP contribution in [0.25, 0.3) is 0 Å². The van der Waals surface area contributed by atoms with Crippen LogP contribution in [0.1, 0.15) is 24.9 Å². The molecule has 1 N–H and O–H groups in total. The molecule has 156 valence electrons. The van der Waals surface area contributed by atoms with Crippen LogP contribution in [-0.2, 0) is 14.8 Å². The molecular weight excluding hydrogens is 420 g/mol. The predicted molar refractivity (Wildman–Crippen MR) is 120 cm³/mol. The number of hydrogen-bond acceptors (Lipinski definition) is 3. The Kier molecular flexibility index (Phi) is 7.13.